The SMILES string of the molecule is Cc1ccc(C(=O)c2noc(/C=C/C3CCC(C(c4cccs4)N(C)C)CC3)n2)cc1. The van der Waals surface area contributed by atoms with Crippen LogP contribution < -0.4 is 0 Å². The third-order valence-corrected chi connectivity index (χ3v) is 7.07. The zero-order valence-corrected chi connectivity index (χ0v) is 19.1. The van der Waals surface area contributed by atoms with E-state index in [-0.39, 0.29) is 11.6 Å². The highest BCUT2D eigenvalue weighted by atomic mass is 32.1. The van der Waals surface area contributed by atoms with Gasteiger partial charge in [-0.3, -0.25) is 4.79 Å². The first kappa shape index (κ1) is 21.7. The Morgan fingerprint density at radius 3 is 2.55 bits per heavy atom. The molecule has 162 valence electrons. The molecule has 1 aliphatic carbocycles. The van der Waals surface area contributed by atoms with Gasteiger partial charge in [0.25, 0.3) is 5.89 Å². The normalized spacial score (nSPS) is 20.4. The fourth-order valence-corrected chi connectivity index (χ4v) is 5.48. The highest BCUT2D eigenvalue weighted by Gasteiger charge is 2.29. The maximum atomic E-state index is 12.5. The number of carbonyl (C=O) groups excluding carboxylic acids is 1. The van der Waals surface area contributed by atoms with Crippen molar-refractivity contribution in [2.24, 2.45) is 11.8 Å². The molecule has 0 N–H and O–H groups in total. The summed E-state index contributed by atoms with van der Waals surface area (Å²) in [5.74, 6) is 1.47. The number of allylic oxidation sites excluding steroid dienone is 1. The second-order valence-corrected chi connectivity index (χ2v) is 9.59. The molecule has 0 aliphatic heterocycles. The lowest BCUT2D eigenvalue weighted by Gasteiger charge is -2.36. The number of carbonyl (C=O) groups is 1. The molecule has 0 saturated heterocycles. The molecular weight excluding hydrogens is 406 g/mol. The van der Waals surface area contributed by atoms with Crippen LogP contribution in [0.25, 0.3) is 6.08 Å². The van der Waals surface area contributed by atoms with Crippen LogP contribution in [0.15, 0.2) is 52.4 Å². The van der Waals surface area contributed by atoms with Gasteiger partial charge in [-0.05, 0) is 76.1 Å². The van der Waals surface area contributed by atoms with Crippen molar-refractivity contribution < 1.29 is 9.32 Å². The lowest BCUT2D eigenvalue weighted by molar-refractivity contribution is 0.102. The Bertz CT molecular complexity index is 1010. The molecule has 0 amide bonds. The number of nitrogens with zero attached hydrogens (tertiary/aromatic N) is 3. The molecule has 6 heteroatoms. The van der Waals surface area contributed by atoms with Crippen LogP contribution in [0.5, 0.6) is 0 Å². The maximum absolute atomic E-state index is 12.5. The molecule has 2 heterocycles. The number of rotatable bonds is 7. The quantitative estimate of drug-likeness (QED) is 0.439. The Morgan fingerprint density at radius 1 is 1.16 bits per heavy atom. The first-order valence-electron chi connectivity index (χ1n) is 10.8. The van der Waals surface area contributed by atoms with Crippen LogP contribution in [0.3, 0.4) is 0 Å². The van der Waals surface area contributed by atoms with E-state index in [9.17, 15) is 4.79 Å². The van der Waals surface area contributed by atoms with Gasteiger partial charge in [0.2, 0.25) is 11.6 Å². The first-order valence-corrected chi connectivity index (χ1v) is 11.7. The van der Waals surface area contributed by atoms with Crippen LogP contribution >= 0.6 is 11.3 Å². The topological polar surface area (TPSA) is 59.2 Å². The molecule has 1 unspecified atom stereocenters. The van der Waals surface area contributed by atoms with Crippen LogP contribution in [-0.2, 0) is 0 Å². The zero-order chi connectivity index (χ0) is 21.8. The highest BCUT2D eigenvalue weighted by Crippen LogP contribution is 2.41. The maximum Gasteiger partial charge on any atom is 0.250 e. The minimum absolute atomic E-state index is 0.108. The van der Waals surface area contributed by atoms with Crippen molar-refractivity contribution in [3.05, 3.63) is 75.6 Å². The minimum Gasteiger partial charge on any atom is -0.334 e. The van der Waals surface area contributed by atoms with E-state index in [2.05, 4.69) is 52.7 Å². The Balaban J connectivity index is 1.34. The zero-order valence-electron chi connectivity index (χ0n) is 18.3. The third kappa shape index (κ3) is 5.20. The van der Waals surface area contributed by atoms with E-state index in [1.54, 1.807) is 12.1 Å². The van der Waals surface area contributed by atoms with E-state index < -0.39 is 0 Å². The summed E-state index contributed by atoms with van der Waals surface area (Å²) < 4.78 is 5.29. The molecule has 0 bridgehead atoms. The van der Waals surface area contributed by atoms with Crippen LogP contribution in [0.2, 0.25) is 0 Å². The van der Waals surface area contributed by atoms with Crippen molar-refractivity contribution in [1.29, 1.82) is 0 Å². The molecule has 2 aromatic heterocycles. The van der Waals surface area contributed by atoms with E-state index in [1.165, 1.54) is 17.7 Å². The molecular formula is C25H29N3O2S. The average Bonchev–Trinajstić information content (AvgIpc) is 3.46. The van der Waals surface area contributed by atoms with Crippen LogP contribution in [0.4, 0.5) is 0 Å². The van der Waals surface area contributed by atoms with Gasteiger partial charge >= 0.3 is 0 Å². The fraction of sp³-hybridized carbons (Fsp3) is 0.400. The van der Waals surface area contributed by atoms with Gasteiger partial charge in [-0.15, -0.1) is 11.3 Å². The van der Waals surface area contributed by atoms with Crippen molar-refractivity contribution in [2.45, 2.75) is 38.6 Å². The van der Waals surface area contributed by atoms with E-state index in [0.29, 0.717) is 29.3 Å². The Hall–Kier alpha value is -2.57. The monoisotopic (exact) mass is 435 g/mol. The van der Waals surface area contributed by atoms with Crippen molar-refractivity contribution in [3.8, 4) is 0 Å². The molecule has 1 fully saturated rings. The van der Waals surface area contributed by atoms with Gasteiger partial charge in [-0.1, -0.05) is 47.1 Å². The predicted molar refractivity (Wildman–Crippen MR) is 124 cm³/mol. The summed E-state index contributed by atoms with van der Waals surface area (Å²) in [6.45, 7) is 1.99. The van der Waals surface area contributed by atoms with Gasteiger partial charge < -0.3 is 9.42 Å². The van der Waals surface area contributed by atoms with Crippen molar-refractivity contribution in [2.75, 3.05) is 14.1 Å². The lowest BCUT2D eigenvalue weighted by atomic mass is 9.77. The van der Waals surface area contributed by atoms with E-state index >= 15 is 0 Å². The molecule has 1 saturated carbocycles. The van der Waals surface area contributed by atoms with Crippen LogP contribution in [-0.4, -0.2) is 34.9 Å². The standard InChI is InChI=1S/C25H29N3O2S/c1-17-6-11-20(12-7-17)24(29)25-26-22(30-27-25)15-10-18-8-13-19(14-9-18)23(28(2)3)21-5-4-16-31-21/h4-7,10-12,15-16,18-19,23H,8-9,13-14H2,1-3H3/b15-10+. The highest BCUT2D eigenvalue weighted by molar-refractivity contribution is 7.10. The van der Waals surface area contributed by atoms with Gasteiger partial charge in [-0.2, -0.15) is 4.98 Å². The van der Waals surface area contributed by atoms with Gasteiger partial charge in [-0.25, -0.2) is 0 Å². The molecule has 1 aromatic carbocycles. The summed E-state index contributed by atoms with van der Waals surface area (Å²) in [5.41, 5.74) is 1.68. The number of hydrogen-bond donors (Lipinski definition) is 0. The summed E-state index contributed by atoms with van der Waals surface area (Å²) in [6, 6.07) is 12.3. The number of aryl methyl sites for hydroxylation is 1. The number of thiophene rings is 1. The first-order chi connectivity index (χ1) is 15.0. The van der Waals surface area contributed by atoms with Gasteiger partial charge in [0.05, 0.1) is 0 Å². The molecule has 3 aromatic rings. The summed E-state index contributed by atoms with van der Waals surface area (Å²) in [4.78, 5) is 20.6. The molecule has 4 rings (SSSR count). The number of benzene rings is 1. The second kappa shape index (κ2) is 9.71. The predicted octanol–water partition coefficient (Wildman–Crippen LogP) is 5.79. The summed E-state index contributed by atoms with van der Waals surface area (Å²) >= 11 is 1.85. The van der Waals surface area contributed by atoms with E-state index in [0.717, 1.165) is 18.4 Å². The smallest absolute Gasteiger partial charge is 0.250 e. The second-order valence-electron chi connectivity index (χ2n) is 8.61. The molecule has 1 atom stereocenters. The average molecular weight is 436 g/mol. The van der Waals surface area contributed by atoms with Gasteiger partial charge in [0, 0.05) is 16.5 Å². The van der Waals surface area contributed by atoms with Crippen molar-refractivity contribution in [1.82, 2.24) is 15.0 Å². The molecule has 1 aliphatic rings. The van der Waals surface area contributed by atoms with Gasteiger partial charge in [0.1, 0.15) is 0 Å². The minimum atomic E-state index is -0.216. The van der Waals surface area contributed by atoms with Crippen molar-refractivity contribution >= 4 is 23.2 Å². The Morgan fingerprint density at radius 2 is 1.90 bits per heavy atom. The number of aromatic nitrogens is 2. The summed E-state index contributed by atoms with van der Waals surface area (Å²) in [5, 5.41) is 6.04. The Kier molecular flexibility index (Phi) is 6.78. The Labute approximate surface area is 187 Å². The third-order valence-electron chi connectivity index (χ3n) is 6.12. The summed E-state index contributed by atoms with van der Waals surface area (Å²) in [6.07, 6.45) is 8.75. The lowest BCUT2D eigenvalue weighted by Crippen LogP contribution is -2.29. The van der Waals surface area contributed by atoms with E-state index in [1.807, 2.05) is 36.5 Å². The molecule has 0 radical (unpaired) electrons. The number of hydrogen-bond acceptors (Lipinski definition) is 6. The molecule has 31 heavy (non-hydrogen) atoms. The number of ketones is 1. The summed E-state index contributed by atoms with van der Waals surface area (Å²) in [7, 11) is 4.36. The van der Waals surface area contributed by atoms with Crippen molar-refractivity contribution in [3.63, 3.8) is 0 Å². The van der Waals surface area contributed by atoms with E-state index in [4.69, 9.17) is 4.52 Å². The van der Waals surface area contributed by atoms with Gasteiger partial charge in [0.15, 0.2) is 0 Å². The van der Waals surface area contributed by atoms with Crippen LogP contribution in [0, 0.1) is 18.8 Å². The fourth-order valence-electron chi connectivity index (χ4n) is 4.47. The molecule has 5 nitrogen and oxygen atoms in total. The van der Waals surface area contributed by atoms with Crippen LogP contribution in [0.1, 0.15) is 64.2 Å². The molecule has 0 spiro atoms. The largest absolute Gasteiger partial charge is 0.334 e.